The first kappa shape index (κ1) is 13.7. The van der Waals surface area contributed by atoms with E-state index in [1.807, 2.05) is 0 Å². The van der Waals surface area contributed by atoms with Crippen LogP contribution in [0.25, 0.3) is 0 Å². The second-order valence-corrected chi connectivity index (χ2v) is 4.69. The van der Waals surface area contributed by atoms with Gasteiger partial charge in [-0.05, 0) is 12.5 Å². The van der Waals surface area contributed by atoms with Crippen LogP contribution < -0.4 is 5.73 Å². The third kappa shape index (κ3) is 4.15. The fraction of sp³-hybridized carbons (Fsp3) is 0.429. The molecule has 5 heteroatoms. The van der Waals surface area contributed by atoms with Crippen molar-refractivity contribution in [3.05, 3.63) is 47.1 Å². The van der Waals surface area contributed by atoms with Crippen molar-refractivity contribution in [2.24, 2.45) is 5.73 Å². The van der Waals surface area contributed by atoms with Crippen LogP contribution in [0.1, 0.15) is 22.8 Å². The largest absolute Gasteiger partial charge is 0.383 e. The minimum atomic E-state index is -0.113. The van der Waals surface area contributed by atoms with Gasteiger partial charge in [-0.15, -0.1) is 0 Å². The Labute approximate surface area is 112 Å². The average molecular weight is 261 g/mol. The van der Waals surface area contributed by atoms with E-state index in [0.717, 1.165) is 0 Å². The van der Waals surface area contributed by atoms with Crippen LogP contribution in [0.3, 0.4) is 0 Å². The van der Waals surface area contributed by atoms with Crippen LogP contribution in [-0.4, -0.2) is 29.9 Å². The summed E-state index contributed by atoms with van der Waals surface area (Å²) in [5.74, 6) is 1.25. The minimum absolute atomic E-state index is 0.113. The van der Waals surface area contributed by atoms with Crippen molar-refractivity contribution in [2.75, 3.05) is 13.7 Å². The molecule has 102 valence electrons. The summed E-state index contributed by atoms with van der Waals surface area (Å²) in [6.07, 6.45) is 1.21. The Morgan fingerprint density at radius 1 is 1.32 bits per heavy atom. The van der Waals surface area contributed by atoms with E-state index in [-0.39, 0.29) is 6.04 Å². The van der Waals surface area contributed by atoms with Gasteiger partial charge in [0.15, 0.2) is 5.82 Å². The summed E-state index contributed by atoms with van der Waals surface area (Å²) in [4.78, 5) is 4.34. The Kier molecular flexibility index (Phi) is 4.65. The number of ether oxygens (including phenoxy) is 1. The van der Waals surface area contributed by atoms with Crippen LogP contribution in [0, 0.1) is 6.92 Å². The van der Waals surface area contributed by atoms with Crippen molar-refractivity contribution in [1.82, 2.24) is 10.1 Å². The molecule has 0 aliphatic heterocycles. The molecule has 0 aliphatic carbocycles. The summed E-state index contributed by atoms with van der Waals surface area (Å²) in [5.41, 5.74) is 8.25. The number of rotatable bonds is 6. The standard InChI is InChI=1S/C14H19N3O2/c1-10-3-5-11(6-4-10)7-13-16-14(19-17-13)8-12(15)9-18-2/h3-6,12H,7-9,15H2,1-2H3. The third-order valence-corrected chi connectivity index (χ3v) is 2.81. The summed E-state index contributed by atoms with van der Waals surface area (Å²) >= 11 is 0. The maximum Gasteiger partial charge on any atom is 0.228 e. The first-order chi connectivity index (χ1) is 9.17. The van der Waals surface area contributed by atoms with Crippen LogP contribution in [-0.2, 0) is 17.6 Å². The molecule has 0 saturated heterocycles. The quantitative estimate of drug-likeness (QED) is 0.852. The molecule has 1 aromatic carbocycles. The van der Waals surface area contributed by atoms with E-state index >= 15 is 0 Å². The van der Waals surface area contributed by atoms with Gasteiger partial charge in [-0.1, -0.05) is 35.0 Å². The Morgan fingerprint density at radius 3 is 2.74 bits per heavy atom. The number of aromatic nitrogens is 2. The highest BCUT2D eigenvalue weighted by molar-refractivity contribution is 5.23. The lowest BCUT2D eigenvalue weighted by Gasteiger charge is -2.05. The first-order valence-electron chi connectivity index (χ1n) is 6.29. The molecule has 19 heavy (non-hydrogen) atoms. The van der Waals surface area contributed by atoms with Gasteiger partial charge in [-0.2, -0.15) is 4.98 Å². The molecule has 1 atom stereocenters. The molecule has 1 aromatic heterocycles. The lowest BCUT2D eigenvalue weighted by atomic mass is 10.1. The van der Waals surface area contributed by atoms with Gasteiger partial charge in [0, 0.05) is 26.0 Å². The van der Waals surface area contributed by atoms with Crippen LogP contribution >= 0.6 is 0 Å². The van der Waals surface area contributed by atoms with E-state index < -0.39 is 0 Å². The number of hydrogen-bond acceptors (Lipinski definition) is 5. The van der Waals surface area contributed by atoms with E-state index in [0.29, 0.717) is 31.2 Å². The van der Waals surface area contributed by atoms with Gasteiger partial charge < -0.3 is 15.0 Å². The van der Waals surface area contributed by atoms with Crippen molar-refractivity contribution in [3.8, 4) is 0 Å². The van der Waals surface area contributed by atoms with Crippen LogP contribution in [0.2, 0.25) is 0 Å². The molecule has 0 aliphatic rings. The number of nitrogens with two attached hydrogens (primary N) is 1. The average Bonchev–Trinajstić information content (AvgIpc) is 2.80. The van der Waals surface area contributed by atoms with Crippen molar-refractivity contribution in [1.29, 1.82) is 0 Å². The molecule has 1 heterocycles. The SMILES string of the molecule is COCC(N)Cc1nc(Cc2ccc(C)cc2)no1. The molecular weight excluding hydrogens is 242 g/mol. The third-order valence-electron chi connectivity index (χ3n) is 2.81. The molecule has 0 spiro atoms. The zero-order valence-electron chi connectivity index (χ0n) is 11.3. The zero-order valence-corrected chi connectivity index (χ0v) is 11.3. The monoisotopic (exact) mass is 261 g/mol. The number of hydrogen-bond donors (Lipinski definition) is 1. The normalized spacial score (nSPS) is 12.6. The Balaban J connectivity index is 1.95. The Morgan fingerprint density at radius 2 is 2.05 bits per heavy atom. The molecule has 0 bridgehead atoms. The van der Waals surface area contributed by atoms with E-state index in [4.69, 9.17) is 15.0 Å². The lowest BCUT2D eigenvalue weighted by Crippen LogP contribution is -2.28. The number of benzene rings is 1. The fourth-order valence-corrected chi connectivity index (χ4v) is 1.83. The van der Waals surface area contributed by atoms with Gasteiger partial charge in [0.1, 0.15) is 0 Å². The second-order valence-electron chi connectivity index (χ2n) is 4.69. The van der Waals surface area contributed by atoms with Crippen molar-refractivity contribution < 1.29 is 9.26 Å². The summed E-state index contributed by atoms with van der Waals surface area (Å²) in [7, 11) is 1.62. The topological polar surface area (TPSA) is 74.2 Å². The van der Waals surface area contributed by atoms with Crippen molar-refractivity contribution in [3.63, 3.8) is 0 Å². The summed E-state index contributed by atoms with van der Waals surface area (Å²) in [6.45, 7) is 2.54. The Hall–Kier alpha value is -1.72. The van der Waals surface area contributed by atoms with E-state index in [1.165, 1.54) is 11.1 Å². The molecule has 2 N–H and O–H groups in total. The van der Waals surface area contributed by atoms with Crippen LogP contribution in [0.4, 0.5) is 0 Å². The van der Waals surface area contributed by atoms with Crippen LogP contribution in [0.5, 0.6) is 0 Å². The number of aryl methyl sites for hydroxylation is 1. The van der Waals surface area contributed by atoms with Crippen molar-refractivity contribution >= 4 is 0 Å². The predicted octanol–water partition coefficient (Wildman–Crippen LogP) is 1.49. The lowest BCUT2D eigenvalue weighted by molar-refractivity contribution is 0.176. The summed E-state index contributed by atoms with van der Waals surface area (Å²) in [6, 6.07) is 8.18. The summed E-state index contributed by atoms with van der Waals surface area (Å²) in [5, 5.41) is 3.96. The van der Waals surface area contributed by atoms with E-state index in [9.17, 15) is 0 Å². The van der Waals surface area contributed by atoms with Gasteiger partial charge in [0.2, 0.25) is 5.89 Å². The Bertz CT molecular complexity index is 508. The minimum Gasteiger partial charge on any atom is -0.383 e. The highest BCUT2D eigenvalue weighted by Crippen LogP contribution is 2.09. The predicted molar refractivity (Wildman–Crippen MR) is 71.8 cm³/mol. The van der Waals surface area contributed by atoms with Crippen molar-refractivity contribution in [2.45, 2.75) is 25.8 Å². The highest BCUT2D eigenvalue weighted by atomic mass is 16.5. The van der Waals surface area contributed by atoms with Gasteiger partial charge >= 0.3 is 0 Å². The molecular formula is C14H19N3O2. The molecule has 2 aromatic rings. The van der Waals surface area contributed by atoms with Gasteiger partial charge in [-0.3, -0.25) is 0 Å². The molecule has 0 radical (unpaired) electrons. The van der Waals surface area contributed by atoms with Gasteiger partial charge in [0.25, 0.3) is 0 Å². The molecule has 1 unspecified atom stereocenters. The molecule has 5 nitrogen and oxygen atoms in total. The number of methoxy groups -OCH3 is 1. The van der Waals surface area contributed by atoms with E-state index in [2.05, 4.69) is 41.3 Å². The maximum absolute atomic E-state index is 5.84. The molecule has 0 saturated carbocycles. The van der Waals surface area contributed by atoms with Gasteiger partial charge in [0.05, 0.1) is 6.61 Å². The first-order valence-corrected chi connectivity index (χ1v) is 6.29. The van der Waals surface area contributed by atoms with E-state index in [1.54, 1.807) is 7.11 Å². The highest BCUT2D eigenvalue weighted by Gasteiger charge is 2.11. The van der Waals surface area contributed by atoms with Crippen LogP contribution in [0.15, 0.2) is 28.8 Å². The molecule has 0 amide bonds. The maximum atomic E-state index is 5.84. The fourth-order valence-electron chi connectivity index (χ4n) is 1.83. The zero-order chi connectivity index (χ0) is 13.7. The van der Waals surface area contributed by atoms with Gasteiger partial charge in [-0.25, -0.2) is 0 Å². The molecule has 0 fully saturated rings. The molecule has 2 rings (SSSR count). The summed E-state index contributed by atoms with van der Waals surface area (Å²) < 4.78 is 10.2. The number of nitrogens with zero attached hydrogens (tertiary/aromatic N) is 2. The second kappa shape index (κ2) is 6.45. The smallest absolute Gasteiger partial charge is 0.228 e.